The summed E-state index contributed by atoms with van der Waals surface area (Å²) < 4.78 is 51.0. The third-order valence-electron chi connectivity index (χ3n) is 4.85. The van der Waals surface area contributed by atoms with Gasteiger partial charge in [0.05, 0.1) is 15.5 Å². The predicted octanol–water partition coefficient (Wildman–Crippen LogP) is 2.21. The van der Waals surface area contributed by atoms with Crippen LogP contribution < -0.4 is 5.32 Å². The van der Waals surface area contributed by atoms with Crippen LogP contribution in [0.25, 0.3) is 0 Å². The molecule has 1 N–H and O–H groups in total. The first kappa shape index (κ1) is 21.4. The second-order valence-corrected chi connectivity index (χ2v) is 12.3. The first-order valence-corrected chi connectivity index (χ1v) is 13.4. The first-order valence-electron chi connectivity index (χ1n) is 9.42. The second kappa shape index (κ2) is 9.04. The minimum atomic E-state index is -3.62. The van der Waals surface area contributed by atoms with Crippen molar-refractivity contribution in [3.05, 3.63) is 41.3 Å². The summed E-state index contributed by atoms with van der Waals surface area (Å²) in [6.45, 7) is 6.02. The van der Waals surface area contributed by atoms with Gasteiger partial charge >= 0.3 is 0 Å². The van der Waals surface area contributed by atoms with E-state index in [1.165, 1.54) is 35.6 Å². The third kappa shape index (κ3) is 5.01. The lowest BCUT2D eigenvalue weighted by Gasteiger charge is -2.19. The molecule has 2 heterocycles. The lowest BCUT2D eigenvalue weighted by atomic mass is 10.4. The van der Waals surface area contributed by atoms with Gasteiger partial charge in [0.2, 0.25) is 9.84 Å². The molecule has 0 bridgehead atoms. The molecule has 154 valence electrons. The summed E-state index contributed by atoms with van der Waals surface area (Å²) in [6.07, 6.45) is 1.79. The van der Waals surface area contributed by atoms with E-state index in [1.54, 1.807) is 6.07 Å². The Labute approximate surface area is 171 Å². The quantitative estimate of drug-likeness (QED) is 0.708. The maximum atomic E-state index is 12.7. The lowest BCUT2D eigenvalue weighted by Crippen LogP contribution is -2.32. The van der Waals surface area contributed by atoms with Gasteiger partial charge in [0.25, 0.3) is 0 Å². The monoisotopic (exact) mass is 442 g/mol. The number of aryl methyl sites for hydroxylation is 1. The summed E-state index contributed by atoms with van der Waals surface area (Å²) in [5.41, 5.74) is 0. The lowest BCUT2D eigenvalue weighted by molar-refractivity contribution is 0.309. The maximum absolute atomic E-state index is 12.7. The van der Waals surface area contributed by atoms with Crippen molar-refractivity contribution in [1.82, 2.24) is 10.2 Å². The Balaban J connectivity index is 1.71. The van der Waals surface area contributed by atoms with Crippen LogP contribution in [0.4, 0.5) is 0 Å². The molecule has 28 heavy (non-hydrogen) atoms. The molecular weight excluding hydrogens is 416 g/mol. The Hall–Kier alpha value is -1.26. The van der Waals surface area contributed by atoms with E-state index in [0.29, 0.717) is 6.54 Å². The average molecular weight is 443 g/mol. The fourth-order valence-electron chi connectivity index (χ4n) is 3.13. The molecule has 0 saturated carbocycles. The topological polar surface area (TPSA) is 83.5 Å². The van der Waals surface area contributed by atoms with Gasteiger partial charge in [0.1, 0.15) is 4.21 Å². The number of hydrogen-bond acceptors (Lipinski definition) is 7. The molecule has 1 aliphatic heterocycles. The number of nitrogens with one attached hydrogen (secondary N) is 1. The van der Waals surface area contributed by atoms with Crippen LogP contribution in [0.5, 0.6) is 0 Å². The van der Waals surface area contributed by atoms with Gasteiger partial charge in [-0.25, -0.2) is 16.8 Å². The minimum Gasteiger partial charge on any atom is -0.315 e. The van der Waals surface area contributed by atoms with Gasteiger partial charge in [-0.05, 0) is 62.3 Å². The van der Waals surface area contributed by atoms with Gasteiger partial charge in [-0.2, -0.15) is 0 Å². The molecule has 1 aromatic heterocycles. The Kier molecular flexibility index (Phi) is 6.93. The van der Waals surface area contributed by atoms with Gasteiger partial charge < -0.3 is 10.2 Å². The fraction of sp³-hybridized carbons (Fsp3) is 0.474. The highest BCUT2D eigenvalue weighted by Crippen LogP contribution is 2.28. The second-order valence-electron chi connectivity index (χ2n) is 6.81. The number of sulfone groups is 2. The van der Waals surface area contributed by atoms with E-state index in [0.717, 1.165) is 43.9 Å². The van der Waals surface area contributed by atoms with Crippen molar-refractivity contribution in [3.63, 3.8) is 0 Å². The molecule has 0 unspecified atom stereocenters. The molecule has 0 amide bonds. The summed E-state index contributed by atoms with van der Waals surface area (Å²) in [5, 5.41) is 3.30. The minimum absolute atomic E-state index is 0.0316. The van der Waals surface area contributed by atoms with Crippen molar-refractivity contribution >= 4 is 31.0 Å². The Morgan fingerprint density at radius 2 is 1.68 bits per heavy atom. The zero-order chi connectivity index (χ0) is 20.2. The molecule has 2 aromatic rings. The summed E-state index contributed by atoms with van der Waals surface area (Å²) in [6, 6.07) is 9.02. The van der Waals surface area contributed by atoms with Crippen molar-refractivity contribution in [3.8, 4) is 0 Å². The van der Waals surface area contributed by atoms with Crippen LogP contribution in [0.15, 0.2) is 50.4 Å². The van der Waals surface area contributed by atoms with E-state index in [1.807, 2.05) is 13.0 Å². The number of nitrogens with zero attached hydrogens (tertiary/aromatic N) is 1. The zero-order valence-corrected chi connectivity index (χ0v) is 18.4. The normalized spacial score (nSPS) is 16.8. The van der Waals surface area contributed by atoms with Crippen LogP contribution in [-0.4, -0.2) is 60.2 Å². The largest absolute Gasteiger partial charge is 0.315 e. The molecule has 0 radical (unpaired) electrons. The molecule has 0 atom stereocenters. The molecule has 0 spiro atoms. The summed E-state index contributed by atoms with van der Waals surface area (Å²) in [7, 11) is -7.07. The highest BCUT2D eigenvalue weighted by molar-refractivity contribution is 7.93. The van der Waals surface area contributed by atoms with Crippen molar-refractivity contribution in [1.29, 1.82) is 0 Å². The van der Waals surface area contributed by atoms with E-state index in [9.17, 15) is 16.8 Å². The highest BCUT2D eigenvalue weighted by Gasteiger charge is 2.22. The van der Waals surface area contributed by atoms with E-state index in [2.05, 4.69) is 10.2 Å². The van der Waals surface area contributed by atoms with Gasteiger partial charge in [-0.3, -0.25) is 0 Å². The van der Waals surface area contributed by atoms with Gasteiger partial charge in [0, 0.05) is 24.5 Å². The third-order valence-corrected chi connectivity index (χ3v) is 10.1. The summed E-state index contributed by atoms with van der Waals surface area (Å²) >= 11 is 1.25. The van der Waals surface area contributed by atoms with Crippen LogP contribution >= 0.6 is 11.3 Å². The van der Waals surface area contributed by atoms with Crippen LogP contribution in [0.2, 0.25) is 0 Å². The Bertz CT molecular complexity index is 988. The van der Waals surface area contributed by atoms with Crippen molar-refractivity contribution < 1.29 is 16.8 Å². The number of hydrogen-bond donors (Lipinski definition) is 1. The number of rotatable bonds is 7. The van der Waals surface area contributed by atoms with E-state index in [-0.39, 0.29) is 19.8 Å². The molecule has 9 heteroatoms. The number of thiophene rings is 1. The van der Waals surface area contributed by atoms with Gasteiger partial charge in [0.15, 0.2) is 9.84 Å². The molecule has 3 rings (SSSR count). The average Bonchev–Trinajstić information content (AvgIpc) is 3.04. The van der Waals surface area contributed by atoms with Crippen molar-refractivity contribution in [2.75, 3.05) is 38.5 Å². The summed E-state index contributed by atoms with van der Waals surface area (Å²) in [5.74, 6) is 0.0316. The smallest absolute Gasteiger partial charge is 0.215 e. The maximum Gasteiger partial charge on any atom is 0.215 e. The molecule has 1 fully saturated rings. The van der Waals surface area contributed by atoms with Gasteiger partial charge in [-0.15, -0.1) is 11.3 Å². The van der Waals surface area contributed by atoms with Crippen LogP contribution in [0, 0.1) is 0 Å². The first-order chi connectivity index (χ1) is 13.3. The van der Waals surface area contributed by atoms with Crippen molar-refractivity contribution in [2.24, 2.45) is 0 Å². The molecule has 1 aromatic carbocycles. The van der Waals surface area contributed by atoms with E-state index >= 15 is 0 Å². The van der Waals surface area contributed by atoms with Crippen LogP contribution in [0.3, 0.4) is 0 Å². The van der Waals surface area contributed by atoms with Crippen molar-refractivity contribution in [2.45, 2.75) is 33.8 Å². The Morgan fingerprint density at radius 1 is 0.964 bits per heavy atom. The standard InChI is InChI=1S/C19H26N2O4S3/c1-2-16-4-9-19(26-16)28(24,25)18-7-5-17(6-8-18)27(22,23)15-14-21-12-3-10-20-11-13-21/h4-9,20H,2-3,10-15H2,1H3. The summed E-state index contributed by atoms with van der Waals surface area (Å²) in [4.78, 5) is 3.44. The zero-order valence-electron chi connectivity index (χ0n) is 15.9. The van der Waals surface area contributed by atoms with Crippen LogP contribution in [-0.2, 0) is 26.1 Å². The molecule has 0 aliphatic carbocycles. The molecule has 1 saturated heterocycles. The highest BCUT2D eigenvalue weighted by atomic mass is 32.2. The van der Waals surface area contributed by atoms with Crippen LogP contribution in [0.1, 0.15) is 18.2 Å². The van der Waals surface area contributed by atoms with E-state index in [4.69, 9.17) is 0 Å². The Morgan fingerprint density at radius 3 is 2.36 bits per heavy atom. The van der Waals surface area contributed by atoms with E-state index < -0.39 is 19.7 Å². The van der Waals surface area contributed by atoms with Gasteiger partial charge in [-0.1, -0.05) is 6.92 Å². The number of benzene rings is 1. The molecule has 6 nitrogen and oxygen atoms in total. The predicted molar refractivity (Wildman–Crippen MR) is 112 cm³/mol. The molecular formula is C19H26N2O4S3. The fourth-order valence-corrected chi connectivity index (χ4v) is 7.11. The molecule has 1 aliphatic rings. The SMILES string of the molecule is CCc1ccc(S(=O)(=O)c2ccc(S(=O)(=O)CCN3CCCNCC3)cc2)s1.